The van der Waals surface area contributed by atoms with E-state index in [0.29, 0.717) is 6.04 Å². The molecule has 3 nitrogen and oxygen atoms in total. The van der Waals surface area contributed by atoms with Gasteiger partial charge in [-0.15, -0.1) is 0 Å². The van der Waals surface area contributed by atoms with Gasteiger partial charge in [-0.25, -0.2) is 0 Å². The largest absolute Gasteiger partial charge is 0.382 e. The molecule has 2 aromatic carbocycles. The number of hydrogen-bond acceptors (Lipinski definition) is 3. The quantitative estimate of drug-likeness (QED) is 0.862. The van der Waals surface area contributed by atoms with Gasteiger partial charge >= 0.3 is 0 Å². The zero-order valence-corrected chi connectivity index (χ0v) is 10.8. The summed E-state index contributed by atoms with van der Waals surface area (Å²) in [7, 11) is 0. The predicted octanol–water partition coefficient (Wildman–Crippen LogP) is 2.88. The molecule has 1 aliphatic heterocycles. The molecule has 1 heterocycles. The number of nitrogens with zero attached hydrogens (tertiary/aromatic N) is 1. The number of anilines is 1. The Hall–Kier alpha value is -2.05. The molecule has 0 saturated carbocycles. The van der Waals surface area contributed by atoms with Crippen LogP contribution in [0.4, 0.5) is 5.69 Å². The van der Waals surface area contributed by atoms with Gasteiger partial charge in [-0.1, -0.05) is 24.3 Å². The molecular weight excluding hydrogens is 234 g/mol. The lowest BCUT2D eigenvalue weighted by Gasteiger charge is -2.25. The number of nitriles is 1. The van der Waals surface area contributed by atoms with Gasteiger partial charge in [0.1, 0.15) is 0 Å². The van der Waals surface area contributed by atoms with Gasteiger partial charge in [0.05, 0.1) is 11.6 Å². The van der Waals surface area contributed by atoms with Crippen molar-refractivity contribution in [3.8, 4) is 6.07 Å². The van der Waals surface area contributed by atoms with Crippen LogP contribution in [0.5, 0.6) is 0 Å². The molecule has 3 heteroatoms. The van der Waals surface area contributed by atoms with Crippen molar-refractivity contribution in [2.45, 2.75) is 18.9 Å². The molecule has 0 radical (unpaired) electrons. The van der Waals surface area contributed by atoms with Gasteiger partial charge in [-0.3, -0.25) is 0 Å². The fourth-order valence-corrected chi connectivity index (χ4v) is 2.71. The van der Waals surface area contributed by atoms with Gasteiger partial charge in [0.2, 0.25) is 0 Å². The highest BCUT2D eigenvalue weighted by atomic mass is 15.0. The number of rotatable bonds is 2. The lowest BCUT2D eigenvalue weighted by molar-refractivity contribution is 0.479. The molecule has 1 aliphatic rings. The van der Waals surface area contributed by atoms with Crippen molar-refractivity contribution < 1.29 is 0 Å². The van der Waals surface area contributed by atoms with Crippen molar-refractivity contribution in [1.29, 1.82) is 5.26 Å². The van der Waals surface area contributed by atoms with E-state index < -0.39 is 0 Å². The van der Waals surface area contributed by atoms with E-state index in [2.05, 4.69) is 22.8 Å². The highest BCUT2D eigenvalue weighted by molar-refractivity contribution is 5.97. The Morgan fingerprint density at radius 1 is 1.05 bits per heavy atom. The third-order valence-electron chi connectivity index (χ3n) is 3.74. The highest BCUT2D eigenvalue weighted by Crippen LogP contribution is 2.27. The normalized spacial score (nSPS) is 16.2. The summed E-state index contributed by atoms with van der Waals surface area (Å²) in [5.74, 6) is 0. The van der Waals surface area contributed by atoms with Gasteiger partial charge in [0, 0.05) is 22.5 Å². The van der Waals surface area contributed by atoms with Crippen LogP contribution in [0.25, 0.3) is 10.8 Å². The minimum Gasteiger partial charge on any atom is -0.382 e. The van der Waals surface area contributed by atoms with E-state index in [-0.39, 0.29) is 0 Å². The zero-order chi connectivity index (χ0) is 13.1. The van der Waals surface area contributed by atoms with Gasteiger partial charge in [0.15, 0.2) is 0 Å². The molecule has 1 saturated heterocycles. The van der Waals surface area contributed by atoms with E-state index >= 15 is 0 Å². The molecule has 96 valence electrons. The summed E-state index contributed by atoms with van der Waals surface area (Å²) < 4.78 is 0. The second kappa shape index (κ2) is 5.29. The molecule has 0 aliphatic carbocycles. The Kier molecular flexibility index (Phi) is 3.35. The first-order valence-corrected chi connectivity index (χ1v) is 6.77. The van der Waals surface area contributed by atoms with E-state index in [0.717, 1.165) is 48.0 Å². The fourth-order valence-electron chi connectivity index (χ4n) is 2.71. The average molecular weight is 251 g/mol. The Labute approximate surface area is 113 Å². The molecule has 0 spiro atoms. The predicted molar refractivity (Wildman–Crippen MR) is 78.2 cm³/mol. The maximum atomic E-state index is 9.17. The first-order chi connectivity index (χ1) is 9.38. The lowest BCUT2D eigenvalue weighted by Crippen LogP contribution is -2.35. The van der Waals surface area contributed by atoms with E-state index in [9.17, 15) is 0 Å². The van der Waals surface area contributed by atoms with Gasteiger partial charge in [0.25, 0.3) is 0 Å². The Morgan fingerprint density at radius 2 is 1.79 bits per heavy atom. The second-order valence-electron chi connectivity index (χ2n) is 4.99. The van der Waals surface area contributed by atoms with Crippen molar-refractivity contribution >= 4 is 16.5 Å². The SMILES string of the molecule is N#Cc1ccc(NC2CCNCC2)c2ccccc12. The summed E-state index contributed by atoms with van der Waals surface area (Å²) in [4.78, 5) is 0. The molecule has 0 amide bonds. The van der Waals surface area contributed by atoms with Crippen molar-refractivity contribution in [2.24, 2.45) is 0 Å². The number of piperidine rings is 1. The topological polar surface area (TPSA) is 47.9 Å². The summed E-state index contributed by atoms with van der Waals surface area (Å²) >= 11 is 0. The van der Waals surface area contributed by atoms with Crippen LogP contribution in [0, 0.1) is 11.3 Å². The molecule has 19 heavy (non-hydrogen) atoms. The van der Waals surface area contributed by atoms with Gasteiger partial charge < -0.3 is 10.6 Å². The van der Waals surface area contributed by atoms with Crippen molar-refractivity contribution in [2.75, 3.05) is 18.4 Å². The van der Waals surface area contributed by atoms with Crippen LogP contribution in [-0.2, 0) is 0 Å². The van der Waals surface area contributed by atoms with Crippen LogP contribution < -0.4 is 10.6 Å². The van der Waals surface area contributed by atoms with Crippen molar-refractivity contribution in [3.05, 3.63) is 42.0 Å². The van der Waals surface area contributed by atoms with Crippen LogP contribution in [0.15, 0.2) is 36.4 Å². The number of fused-ring (bicyclic) bond motifs is 1. The van der Waals surface area contributed by atoms with E-state index in [1.165, 1.54) is 0 Å². The lowest BCUT2D eigenvalue weighted by atomic mass is 10.0. The van der Waals surface area contributed by atoms with Gasteiger partial charge in [-0.2, -0.15) is 5.26 Å². The summed E-state index contributed by atoms with van der Waals surface area (Å²) in [6.45, 7) is 2.15. The van der Waals surface area contributed by atoms with Crippen molar-refractivity contribution in [1.82, 2.24) is 5.32 Å². The van der Waals surface area contributed by atoms with E-state index in [1.807, 2.05) is 30.3 Å². The third-order valence-corrected chi connectivity index (χ3v) is 3.74. The fraction of sp³-hybridized carbons (Fsp3) is 0.312. The minimum absolute atomic E-state index is 0.526. The number of hydrogen-bond donors (Lipinski definition) is 2. The van der Waals surface area contributed by atoms with E-state index in [1.54, 1.807) is 0 Å². The maximum Gasteiger partial charge on any atom is 0.0998 e. The van der Waals surface area contributed by atoms with Crippen LogP contribution in [0.3, 0.4) is 0 Å². The summed E-state index contributed by atoms with van der Waals surface area (Å²) in [5.41, 5.74) is 1.88. The third kappa shape index (κ3) is 2.40. The first kappa shape index (κ1) is 12.0. The first-order valence-electron chi connectivity index (χ1n) is 6.77. The van der Waals surface area contributed by atoms with Crippen molar-refractivity contribution in [3.63, 3.8) is 0 Å². The summed E-state index contributed by atoms with van der Waals surface area (Å²) in [5, 5.41) is 18.3. The number of benzene rings is 2. The Morgan fingerprint density at radius 3 is 2.53 bits per heavy atom. The molecule has 0 atom stereocenters. The van der Waals surface area contributed by atoms with Crippen LogP contribution in [0.1, 0.15) is 18.4 Å². The Balaban J connectivity index is 1.97. The van der Waals surface area contributed by atoms with Crippen LogP contribution in [-0.4, -0.2) is 19.1 Å². The van der Waals surface area contributed by atoms with Crippen LogP contribution in [0.2, 0.25) is 0 Å². The molecule has 0 bridgehead atoms. The zero-order valence-electron chi connectivity index (χ0n) is 10.8. The second-order valence-corrected chi connectivity index (χ2v) is 4.99. The number of nitrogens with one attached hydrogen (secondary N) is 2. The van der Waals surface area contributed by atoms with E-state index in [4.69, 9.17) is 5.26 Å². The maximum absolute atomic E-state index is 9.17. The smallest absolute Gasteiger partial charge is 0.0998 e. The molecule has 0 unspecified atom stereocenters. The summed E-state index contributed by atoms with van der Waals surface area (Å²) in [6.07, 6.45) is 2.29. The average Bonchev–Trinajstić information content (AvgIpc) is 2.49. The minimum atomic E-state index is 0.526. The standard InChI is InChI=1S/C16H17N3/c17-11-12-5-6-16(15-4-2-1-3-14(12)15)19-13-7-9-18-10-8-13/h1-6,13,18-19H,7-10H2. The van der Waals surface area contributed by atoms with Crippen LogP contribution >= 0.6 is 0 Å². The molecule has 2 N–H and O–H groups in total. The Bertz CT molecular complexity index is 621. The molecular formula is C16H17N3. The van der Waals surface area contributed by atoms with Gasteiger partial charge in [-0.05, 0) is 38.1 Å². The molecule has 1 fully saturated rings. The summed E-state index contributed by atoms with van der Waals surface area (Å²) in [6, 6.07) is 14.8. The molecule has 0 aromatic heterocycles. The monoisotopic (exact) mass is 251 g/mol. The molecule has 3 rings (SSSR count). The highest BCUT2D eigenvalue weighted by Gasteiger charge is 2.14. The molecule has 2 aromatic rings.